The Hall–Kier alpha value is 0.490. The summed E-state index contributed by atoms with van der Waals surface area (Å²) in [7, 11) is 0. The molecular weight excluding hydrogens is 137 g/mol. The average molecular weight is 141 g/mol. The number of thioether (sulfide) groups is 1. The predicted molar refractivity (Wildman–Crippen MR) is 27.1 cm³/mol. The molecule has 1 saturated heterocycles. The maximum absolute atomic E-state index is 10.1. The van der Waals surface area contributed by atoms with Crippen molar-refractivity contribution in [2.45, 2.75) is 0 Å². The van der Waals surface area contributed by atoms with Gasteiger partial charge in [-0.25, -0.2) is 0 Å². The van der Waals surface area contributed by atoms with Crippen molar-refractivity contribution in [2.24, 2.45) is 0 Å². The molecule has 1 aliphatic heterocycles. The van der Waals surface area contributed by atoms with Gasteiger partial charge in [-0.2, -0.15) is 0 Å². The second kappa shape index (κ2) is 3.50. The summed E-state index contributed by atoms with van der Waals surface area (Å²) < 4.78 is 0. The second-order valence-corrected chi connectivity index (χ2v) is 2.15. The summed E-state index contributed by atoms with van der Waals surface area (Å²) in [5, 5.41) is 2.02. The van der Waals surface area contributed by atoms with Crippen LogP contribution >= 0.6 is 11.8 Å². The van der Waals surface area contributed by atoms with Crippen LogP contribution in [0.15, 0.2) is 0 Å². The molecule has 5 heteroatoms. The summed E-state index contributed by atoms with van der Waals surface area (Å²) in [6.07, 6.45) is 0. The minimum atomic E-state index is -0.231. The molecule has 40 valence electrons. The number of amides is 1. The largest absolute Gasteiger partial charge is 1.00 e. The molecule has 1 amide bonds. The van der Waals surface area contributed by atoms with Crippen LogP contribution in [0.2, 0.25) is 0 Å². The third kappa shape index (κ3) is 2.17. The fraction of sp³-hybridized carbons (Fsp3) is 0.333. The summed E-state index contributed by atoms with van der Waals surface area (Å²) in [6.45, 7) is 0.198. The molecule has 0 atom stereocenters. The molecule has 0 aromatic carbocycles. The zero-order valence-electron chi connectivity index (χ0n) is 5.43. The minimum absolute atomic E-state index is 0. The topological polar surface area (TPSA) is 46.2 Å². The molecule has 1 fully saturated rings. The van der Waals surface area contributed by atoms with Gasteiger partial charge in [0.2, 0.25) is 5.12 Å². The Labute approximate surface area is 74.4 Å². The maximum Gasteiger partial charge on any atom is 1.00 e. The van der Waals surface area contributed by atoms with Crippen molar-refractivity contribution in [3.8, 4) is 0 Å². The number of hydrogen-bond acceptors (Lipinski definition) is 3. The van der Waals surface area contributed by atoms with Crippen LogP contribution in [-0.2, 0) is 4.79 Å². The van der Waals surface area contributed by atoms with Crippen molar-refractivity contribution < 1.29 is 40.6 Å². The molecule has 1 aliphatic rings. The standard InChI is InChI=1S/C3H3NO2S.Na.H/c5-2-1-4-3(6)7-2;;/h1H2,(H,4,6);;/q;+1;-1. The Morgan fingerprint density at radius 3 is 2.38 bits per heavy atom. The van der Waals surface area contributed by atoms with Crippen LogP contribution in [0.4, 0.5) is 4.79 Å². The molecule has 0 aliphatic carbocycles. The molecule has 8 heavy (non-hydrogen) atoms. The van der Waals surface area contributed by atoms with Gasteiger partial charge in [0.1, 0.15) is 0 Å². The van der Waals surface area contributed by atoms with E-state index in [1.807, 2.05) is 0 Å². The minimum Gasteiger partial charge on any atom is -1.00 e. The van der Waals surface area contributed by atoms with Crippen molar-refractivity contribution in [1.82, 2.24) is 5.32 Å². The molecule has 0 radical (unpaired) electrons. The van der Waals surface area contributed by atoms with E-state index < -0.39 is 0 Å². The zero-order valence-corrected chi connectivity index (χ0v) is 7.25. The van der Waals surface area contributed by atoms with Crippen LogP contribution in [0.5, 0.6) is 0 Å². The normalized spacial score (nSPS) is 17.5. The molecule has 0 aromatic heterocycles. The fourth-order valence-corrected chi connectivity index (χ4v) is 0.815. The number of nitrogens with one attached hydrogen (secondary N) is 1. The number of carbonyl (C=O) groups excluding carboxylic acids is 2. The van der Waals surface area contributed by atoms with Gasteiger partial charge in [0, 0.05) is 11.8 Å². The van der Waals surface area contributed by atoms with E-state index in [-0.39, 0.29) is 47.9 Å². The average Bonchev–Trinajstić information content (AvgIpc) is 1.87. The Morgan fingerprint density at radius 1 is 1.62 bits per heavy atom. The first-order chi connectivity index (χ1) is 3.29. The van der Waals surface area contributed by atoms with E-state index in [1.54, 1.807) is 0 Å². The molecule has 0 aromatic rings. The van der Waals surface area contributed by atoms with Crippen molar-refractivity contribution in [3.05, 3.63) is 0 Å². The van der Waals surface area contributed by atoms with E-state index in [0.717, 1.165) is 11.8 Å². The second-order valence-electron chi connectivity index (χ2n) is 1.12. The van der Waals surface area contributed by atoms with Gasteiger partial charge in [0.25, 0.3) is 5.24 Å². The number of hydrogen-bond donors (Lipinski definition) is 1. The van der Waals surface area contributed by atoms with Crippen LogP contribution in [0.25, 0.3) is 0 Å². The van der Waals surface area contributed by atoms with Crippen LogP contribution in [0.1, 0.15) is 1.43 Å². The SMILES string of the molecule is O=C1CNC(=O)S1.[H-].[Na+]. The summed E-state index contributed by atoms with van der Waals surface area (Å²) in [5.41, 5.74) is 0. The van der Waals surface area contributed by atoms with E-state index in [2.05, 4.69) is 5.32 Å². The number of rotatable bonds is 0. The zero-order chi connectivity index (χ0) is 5.28. The van der Waals surface area contributed by atoms with Gasteiger partial charge >= 0.3 is 29.6 Å². The molecule has 1 rings (SSSR count). The number of carbonyl (C=O) groups is 2. The summed E-state index contributed by atoms with van der Waals surface area (Å²) in [5.74, 6) is 0. The first-order valence-electron chi connectivity index (χ1n) is 1.77. The molecule has 1 N–H and O–H groups in total. The van der Waals surface area contributed by atoms with Crippen molar-refractivity contribution in [3.63, 3.8) is 0 Å². The predicted octanol–water partition coefficient (Wildman–Crippen LogP) is -2.91. The third-order valence-electron chi connectivity index (χ3n) is 0.584. The van der Waals surface area contributed by atoms with Crippen LogP contribution in [-0.4, -0.2) is 16.9 Å². The fourth-order valence-electron chi connectivity index (χ4n) is 0.320. The molecule has 0 saturated carbocycles. The van der Waals surface area contributed by atoms with Gasteiger partial charge in [-0.3, -0.25) is 9.59 Å². The summed E-state index contributed by atoms with van der Waals surface area (Å²) in [6, 6.07) is 0. The van der Waals surface area contributed by atoms with E-state index in [9.17, 15) is 9.59 Å². The van der Waals surface area contributed by atoms with Gasteiger partial charge in [0.05, 0.1) is 6.54 Å². The Morgan fingerprint density at radius 2 is 2.25 bits per heavy atom. The Bertz CT molecular complexity index is 117. The first kappa shape index (κ1) is 8.49. The van der Waals surface area contributed by atoms with E-state index in [1.165, 1.54) is 0 Å². The summed E-state index contributed by atoms with van der Waals surface area (Å²) >= 11 is 0.731. The van der Waals surface area contributed by atoms with E-state index >= 15 is 0 Å². The smallest absolute Gasteiger partial charge is 1.00 e. The third-order valence-corrected chi connectivity index (χ3v) is 1.29. The maximum atomic E-state index is 10.1. The molecule has 0 unspecified atom stereocenters. The van der Waals surface area contributed by atoms with Crippen LogP contribution < -0.4 is 34.9 Å². The van der Waals surface area contributed by atoms with Gasteiger partial charge in [-0.05, 0) is 0 Å². The molecule has 0 bridgehead atoms. The quantitative estimate of drug-likeness (QED) is 0.368. The molecule has 0 spiro atoms. The molecule has 1 heterocycles. The van der Waals surface area contributed by atoms with Crippen LogP contribution in [0, 0.1) is 0 Å². The van der Waals surface area contributed by atoms with E-state index in [4.69, 9.17) is 0 Å². The van der Waals surface area contributed by atoms with Crippen molar-refractivity contribution in [2.75, 3.05) is 6.54 Å². The van der Waals surface area contributed by atoms with Gasteiger partial charge in [0.15, 0.2) is 0 Å². The van der Waals surface area contributed by atoms with Gasteiger partial charge in [-0.15, -0.1) is 0 Å². The van der Waals surface area contributed by atoms with Crippen LogP contribution in [0.3, 0.4) is 0 Å². The first-order valence-corrected chi connectivity index (χ1v) is 2.59. The van der Waals surface area contributed by atoms with Crippen molar-refractivity contribution in [1.29, 1.82) is 0 Å². The monoisotopic (exact) mass is 141 g/mol. The molecular formula is C3H4NNaO2S. The van der Waals surface area contributed by atoms with Gasteiger partial charge in [-0.1, -0.05) is 0 Å². The Balaban J connectivity index is 0. The Kier molecular flexibility index (Phi) is 3.72. The van der Waals surface area contributed by atoms with Gasteiger partial charge < -0.3 is 6.74 Å². The molecule has 3 nitrogen and oxygen atoms in total. The van der Waals surface area contributed by atoms with Crippen molar-refractivity contribution >= 4 is 22.1 Å². The summed E-state index contributed by atoms with van der Waals surface area (Å²) in [4.78, 5) is 20.2. The van der Waals surface area contributed by atoms with E-state index in [0.29, 0.717) is 0 Å².